The molecule has 10 heteroatoms. The number of esters is 1. The van der Waals surface area contributed by atoms with Gasteiger partial charge in [0.2, 0.25) is 10.0 Å². The number of sulfonamides is 1. The summed E-state index contributed by atoms with van der Waals surface area (Å²) in [7, 11) is -2.50. The highest BCUT2D eigenvalue weighted by Crippen LogP contribution is 2.30. The smallest absolute Gasteiger partial charge is 0.338 e. The first-order chi connectivity index (χ1) is 14.3. The van der Waals surface area contributed by atoms with Crippen molar-refractivity contribution in [3.05, 3.63) is 53.8 Å². The molecule has 0 aromatic heterocycles. The Hall–Kier alpha value is -2.98. The van der Waals surface area contributed by atoms with Gasteiger partial charge in [-0.1, -0.05) is 12.1 Å². The second-order valence-electron chi connectivity index (χ2n) is 6.58. The Morgan fingerprint density at radius 1 is 1.13 bits per heavy atom. The summed E-state index contributed by atoms with van der Waals surface area (Å²) >= 11 is 0. The van der Waals surface area contributed by atoms with Crippen molar-refractivity contribution in [3.63, 3.8) is 0 Å². The van der Waals surface area contributed by atoms with Gasteiger partial charge in [-0.05, 0) is 43.2 Å². The number of nitrogens with one attached hydrogen (secondary N) is 1. The molecule has 1 amide bonds. The third-order valence-electron chi connectivity index (χ3n) is 4.56. The van der Waals surface area contributed by atoms with E-state index in [1.807, 2.05) is 0 Å². The van der Waals surface area contributed by atoms with E-state index in [4.69, 9.17) is 9.47 Å². The molecular formula is C20H21FN2O6S. The molecular weight excluding hydrogens is 415 g/mol. The van der Waals surface area contributed by atoms with E-state index in [1.165, 1.54) is 47.8 Å². The molecule has 0 aliphatic carbocycles. The van der Waals surface area contributed by atoms with Crippen LogP contribution in [0, 0.1) is 5.82 Å². The SMILES string of the molecule is COc1ccc(C(=O)OCC(=O)Nc2ccccc2F)cc1S(=O)(=O)N1CCCC1. The van der Waals surface area contributed by atoms with Crippen molar-refractivity contribution in [2.24, 2.45) is 0 Å². The summed E-state index contributed by atoms with van der Waals surface area (Å²) in [5, 5.41) is 2.29. The number of nitrogens with zero attached hydrogens (tertiary/aromatic N) is 1. The fraction of sp³-hybridized carbons (Fsp3) is 0.300. The van der Waals surface area contributed by atoms with Crippen LogP contribution in [0.15, 0.2) is 47.4 Å². The van der Waals surface area contributed by atoms with Gasteiger partial charge in [0, 0.05) is 13.1 Å². The number of halogens is 1. The molecule has 0 spiro atoms. The van der Waals surface area contributed by atoms with Gasteiger partial charge in [-0.25, -0.2) is 17.6 Å². The quantitative estimate of drug-likeness (QED) is 0.669. The Morgan fingerprint density at radius 2 is 1.83 bits per heavy atom. The maximum absolute atomic E-state index is 13.6. The number of para-hydroxylation sites is 1. The van der Waals surface area contributed by atoms with Crippen molar-refractivity contribution in [2.45, 2.75) is 17.7 Å². The van der Waals surface area contributed by atoms with Gasteiger partial charge in [-0.15, -0.1) is 0 Å². The maximum atomic E-state index is 13.6. The number of amides is 1. The van der Waals surface area contributed by atoms with Crippen LogP contribution in [0.1, 0.15) is 23.2 Å². The second kappa shape index (κ2) is 9.23. The van der Waals surface area contributed by atoms with Crippen LogP contribution in [0.4, 0.5) is 10.1 Å². The number of carbonyl (C=O) groups excluding carboxylic acids is 2. The summed E-state index contributed by atoms with van der Waals surface area (Å²) < 4.78 is 50.8. The Balaban J connectivity index is 1.71. The molecule has 30 heavy (non-hydrogen) atoms. The number of anilines is 1. The van der Waals surface area contributed by atoms with Gasteiger partial charge >= 0.3 is 5.97 Å². The molecule has 160 valence electrons. The Morgan fingerprint density at radius 3 is 2.50 bits per heavy atom. The molecule has 1 fully saturated rings. The van der Waals surface area contributed by atoms with E-state index in [-0.39, 0.29) is 21.9 Å². The van der Waals surface area contributed by atoms with E-state index in [9.17, 15) is 22.4 Å². The summed E-state index contributed by atoms with van der Waals surface area (Å²) in [6, 6.07) is 9.45. The molecule has 1 saturated heterocycles. The third kappa shape index (κ3) is 4.77. The number of rotatable bonds is 7. The highest BCUT2D eigenvalue weighted by atomic mass is 32.2. The molecule has 2 aromatic rings. The van der Waals surface area contributed by atoms with Gasteiger partial charge in [0.05, 0.1) is 18.4 Å². The zero-order valence-corrected chi connectivity index (χ0v) is 17.1. The van der Waals surface area contributed by atoms with Crippen molar-refractivity contribution in [1.29, 1.82) is 0 Å². The van der Waals surface area contributed by atoms with E-state index in [1.54, 1.807) is 6.07 Å². The fourth-order valence-corrected chi connectivity index (χ4v) is 4.73. The minimum absolute atomic E-state index is 0.0398. The topological polar surface area (TPSA) is 102 Å². The van der Waals surface area contributed by atoms with Gasteiger partial charge in [-0.3, -0.25) is 4.79 Å². The molecule has 0 atom stereocenters. The highest BCUT2D eigenvalue weighted by molar-refractivity contribution is 7.89. The van der Waals surface area contributed by atoms with Crippen molar-refractivity contribution in [2.75, 3.05) is 32.1 Å². The summed E-state index contributed by atoms with van der Waals surface area (Å²) in [6.45, 7) is 0.139. The summed E-state index contributed by atoms with van der Waals surface area (Å²) in [6.07, 6.45) is 1.53. The lowest BCUT2D eigenvalue weighted by Crippen LogP contribution is -2.28. The molecule has 1 aliphatic heterocycles. The highest BCUT2D eigenvalue weighted by Gasteiger charge is 2.31. The first-order valence-electron chi connectivity index (χ1n) is 9.22. The summed E-state index contributed by atoms with van der Waals surface area (Å²) in [5.74, 6) is -2.13. The second-order valence-corrected chi connectivity index (χ2v) is 8.49. The van der Waals surface area contributed by atoms with Crippen molar-refractivity contribution < 1.29 is 31.9 Å². The molecule has 0 bridgehead atoms. The molecule has 3 rings (SSSR count). The van der Waals surface area contributed by atoms with Crippen LogP contribution < -0.4 is 10.1 Å². The van der Waals surface area contributed by atoms with Crippen LogP contribution in [0.5, 0.6) is 5.75 Å². The monoisotopic (exact) mass is 436 g/mol. The molecule has 2 aromatic carbocycles. The molecule has 8 nitrogen and oxygen atoms in total. The fourth-order valence-electron chi connectivity index (χ4n) is 3.04. The predicted molar refractivity (Wildman–Crippen MR) is 106 cm³/mol. The Kier molecular flexibility index (Phi) is 6.68. The summed E-state index contributed by atoms with van der Waals surface area (Å²) in [5.41, 5.74) is -0.0887. The van der Waals surface area contributed by atoms with E-state index in [2.05, 4.69) is 5.32 Å². The van der Waals surface area contributed by atoms with Gasteiger partial charge in [0.25, 0.3) is 5.91 Å². The van der Waals surface area contributed by atoms with Crippen LogP contribution in [-0.2, 0) is 19.6 Å². The van der Waals surface area contributed by atoms with Gasteiger partial charge in [-0.2, -0.15) is 4.31 Å². The first kappa shape index (κ1) is 21.7. The predicted octanol–water partition coefficient (Wildman–Crippen LogP) is 2.41. The standard InChI is InChI=1S/C20H21FN2O6S/c1-28-17-9-8-14(12-18(17)30(26,27)23-10-4-5-11-23)20(25)29-13-19(24)22-16-7-3-2-6-15(16)21/h2-3,6-9,12H,4-5,10-11,13H2,1H3,(H,22,24). The number of hydrogen-bond donors (Lipinski definition) is 1. The number of methoxy groups -OCH3 is 1. The third-order valence-corrected chi connectivity index (χ3v) is 6.48. The Labute approximate surface area is 173 Å². The van der Waals surface area contributed by atoms with Crippen LogP contribution in [0.25, 0.3) is 0 Å². The average molecular weight is 436 g/mol. The zero-order chi connectivity index (χ0) is 21.7. The van der Waals surface area contributed by atoms with Crippen LogP contribution in [0.2, 0.25) is 0 Å². The molecule has 1 heterocycles. The van der Waals surface area contributed by atoms with E-state index >= 15 is 0 Å². The van der Waals surface area contributed by atoms with Crippen LogP contribution >= 0.6 is 0 Å². The molecule has 0 saturated carbocycles. The lowest BCUT2D eigenvalue weighted by molar-refractivity contribution is -0.119. The van der Waals surface area contributed by atoms with Crippen molar-refractivity contribution >= 4 is 27.6 Å². The van der Waals surface area contributed by atoms with E-state index in [0.717, 1.165) is 12.8 Å². The molecule has 0 unspecified atom stereocenters. The minimum Gasteiger partial charge on any atom is -0.495 e. The van der Waals surface area contributed by atoms with Gasteiger partial charge in [0.1, 0.15) is 16.5 Å². The van der Waals surface area contributed by atoms with Crippen molar-refractivity contribution in [1.82, 2.24) is 4.31 Å². The minimum atomic E-state index is -3.83. The number of hydrogen-bond acceptors (Lipinski definition) is 6. The average Bonchev–Trinajstić information content (AvgIpc) is 3.29. The number of carbonyl (C=O) groups is 2. The van der Waals surface area contributed by atoms with Gasteiger partial charge < -0.3 is 14.8 Å². The summed E-state index contributed by atoms with van der Waals surface area (Å²) in [4.78, 5) is 24.1. The lowest BCUT2D eigenvalue weighted by atomic mass is 10.2. The molecule has 1 aliphatic rings. The normalized spacial score (nSPS) is 14.3. The number of benzene rings is 2. The molecule has 1 N–H and O–H groups in total. The lowest BCUT2D eigenvalue weighted by Gasteiger charge is -2.18. The van der Waals surface area contributed by atoms with Crippen molar-refractivity contribution in [3.8, 4) is 5.75 Å². The van der Waals surface area contributed by atoms with E-state index < -0.39 is 34.3 Å². The molecule has 0 radical (unpaired) electrons. The van der Waals surface area contributed by atoms with Gasteiger partial charge in [0.15, 0.2) is 6.61 Å². The van der Waals surface area contributed by atoms with Crippen LogP contribution in [-0.4, -0.2) is 51.4 Å². The largest absolute Gasteiger partial charge is 0.495 e. The number of ether oxygens (including phenoxy) is 2. The van der Waals surface area contributed by atoms with E-state index in [0.29, 0.717) is 13.1 Å². The first-order valence-corrected chi connectivity index (χ1v) is 10.7. The Bertz CT molecular complexity index is 1050. The maximum Gasteiger partial charge on any atom is 0.338 e. The zero-order valence-electron chi connectivity index (χ0n) is 16.3. The van der Waals surface area contributed by atoms with Crippen LogP contribution in [0.3, 0.4) is 0 Å².